The van der Waals surface area contributed by atoms with E-state index in [-0.39, 0.29) is 12.2 Å². The van der Waals surface area contributed by atoms with Crippen molar-refractivity contribution in [2.24, 2.45) is 5.73 Å². The lowest BCUT2D eigenvalue weighted by Crippen LogP contribution is -2.25. The largest absolute Gasteiger partial charge is 0.390 e. The summed E-state index contributed by atoms with van der Waals surface area (Å²) in [6.07, 6.45) is -2.83. The summed E-state index contributed by atoms with van der Waals surface area (Å²) in [5.74, 6) is -0.818. The molecular weight excluding hydrogens is 282 g/mol. The Morgan fingerprint density at radius 2 is 1.45 bits per heavy atom. The molecule has 2 unspecified atom stereocenters. The van der Waals surface area contributed by atoms with Crippen molar-refractivity contribution >= 4 is 11.7 Å². The molecule has 0 aliphatic carbocycles. The van der Waals surface area contributed by atoms with Crippen molar-refractivity contribution in [2.75, 3.05) is 0 Å². The molecule has 0 saturated heterocycles. The number of rotatable bonds is 6. The Kier molecular flexibility index (Phi) is 5.04. The third kappa shape index (κ3) is 3.78. The summed E-state index contributed by atoms with van der Waals surface area (Å²) in [6.45, 7) is 0. The van der Waals surface area contributed by atoms with Gasteiger partial charge in [-0.25, -0.2) is 0 Å². The van der Waals surface area contributed by atoms with Crippen LogP contribution in [0.3, 0.4) is 0 Å². The van der Waals surface area contributed by atoms with Gasteiger partial charge in [0.05, 0.1) is 12.5 Å². The number of aliphatic hydroxyl groups is 2. The van der Waals surface area contributed by atoms with Gasteiger partial charge in [0.15, 0.2) is 5.78 Å². The number of hydrogen-bond acceptors (Lipinski definition) is 4. The summed E-state index contributed by atoms with van der Waals surface area (Å²) < 4.78 is 0. The van der Waals surface area contributed by atoms with Crippen molar-refractivity contribution in [1.82, 2.24) is 0 Å². The summed E-state index contributed by atoms with van der Waals surface area (Å²) in [7, 11) is 0. The number of primary amides is 1. The molecule has 0 aliphatic heterocycles. The first kappa shape index (κ1) is 15.9. The van der Waals surface area contributed by atoms with Crippen molar-refractivity contribution in [3.8, 4) is 0 Å². The molecule has 0 radical (unpaired) electrons. The second kappa shape index (κ2) is 6.98. The predicted molar refractivity (Wildman–Crippen MR) is 81.1 cm³/mol. The Morgan fingerprint density at radius 1 is 0.909 bits per heavy atom. The standard InChI is InChI=1S/C17H17NO4/c18-15(20)10-14(19)17(22)13-8-6-12(7-9-13)16(21)11-4-2-1-3-5-11/h1-9,14,17,19,22H,10H2,(H2,18,20). The molecule has 0 fully saturated rings. The van der Waals surface area contributed by atoms with Crippen LogP contribution in [0.2, 0.25) is 0 Å². The number of carbonyl (C=O) groups excluding carboxylic acids is 2. The zero-order valence-corrected chi connectivity index (χ0v) is 11.8. The van der Waals surface area contributed by atoms with Gasteiger partial charge in [-0.3, -0.25) is 9.59 Å². The van der Waals surface area contributed by atoms with Crippen LogP contribution in [-0.4, -0.2) is 28.0 Å². The van der Waals surface area contributed by atoms with Crippen LogP contribution in [0, 0.1) is 0 Å². The maximum atomic E-state index is 12.2. The minimum Gasteiger partial charge on any atom is -0.390 e. The molecule has 0 heterocycles. The summed E-state index contributed by atoms with van der Waals surface area (Å²) in [6, 6.07) is 15.1. The van der Waals surface area contributed by atoms with Gasteiger partial charge in [0.25, 0.3) is 0 Å². The van der Waals surface area contributed by atoms with Crippen LogP contribution < -0.4 is 5.73 Å². The third-order valence-electron chi connectivity index (χ3n) is 3.33. The molecule has 2 atom stereocenters. The molecule has 5 nitrogen and oxygen atoms in total. The van der Waals surface area contributed by atoms with E-state index < -0.39 is 18.1 Å². The molecular formula is C17H17NO4. The average molecular weight is 299 g/mol. The van der Waals surface area contributed by atoms with Gasteiger partial charge in [0.1, 0.15) is 6.10 Å². The van der Waals surface area contributed by atoms with E-state index in [1.807, 2.05) is 6.07 Å². The number of carbonyl (C=O) groups is 2. The molecule has 2 aromatic carbocycles. The van der Waals surface area contributed by atoms with Gasteiger partial charge in [-0.15, -0.1) is 0 Å². The molecule has 4 N–H and O–H groups in total. The summed E-state index contributed by atoms with van der Waals surface area (Å²) in [5, 5.41) is 19.6. The minimum atomic E-state index is -1.27. The first-order valence-corrected chi connectivity index (χ1v) is 6.83. The van der Waals surface area contributed by atoms with E-state index in [2.05, 4.69) is 0 Å². The van der Waals surface area contributed by atoms with Crippen LogP contribution in [0.15, 0.2) is 54.6 Å². The smallest absolute Gasteiger partial charge is 0.220 e. The van der Waals surface area contributed by atoms with Crippen molar-refractivity contribution in [3.63, 3.8) is 0 Å². The molecule has 2 aromatic rings. The Balaban J connectivity index is 2.13. The maximum Gasteiger partial charge on any atom is 0.220 e. The normalized spacial score (nSPS) is 13.4. The van der Waals surface area contributed by atoms with Crippen molar-refractivity contribution in [1.29, 1.82) is 0 Å². The number of hydrogen-bond donors (Lipinski definition) is 3. The molecule has 0 aliphatic rings. The molecule has 0 spiro atoms. The van der Waals surface area contributed by atoms with Crippen LogP contribution in [-0.2, 0) is 4.79 Å². The fourth-order valence-corrected chi connectivity index (χ4v) is 2.13. The Hall–Kier alpha value is -2.50. The van der Waals surface area contributed by atoms with Gasteiger partial charge >= 0.3 is 0 Å². The van der Waals surface area contributed by atoms with Crippen LogP contribution in [0.25, 0.3) is 0 Å². The van der Waals surface area contributed by atoms with Gasteiger partial charge in [-0.2, -0.15) is 0 Å². The van der Waals surface area contributed by atoms with Crippen molar-refractivity contribution in [2.45, 2.75) is 18.6 Å². The first-order chi connectivity index (χ1) is 10.5. The van der Waals surface area contributed by atoms with Gasteiger partial charge in [0.2, 0.25) is 5.91 Å². The van der Waals surface area contributed by atoms with Crippen LogP contribution in [0.4, 0.5) is 0 Å². The number of ketones is 1. The average Bonchev–Trinajstić information content (AvgIpc) is 2.54. The molecule has 2 rings (SSSR count). The Labute approximate surface area is 128 Å². The molecule has 1 amide bonds. The first-order valence-electron chi connectivity index (χ1n) is 6.83. The van der Waals surface area contributed by atoms with Gasteiger partial charge in [-0.05, 0) is 5.56 Å². The molecule has 0 aromatic heterocycles. The Bertz CT molecular complexity index is 652. The lowest BCUT2D eigenvalue weighted by Gasteiger charge is -2.17. The number of nitrogens with two attached hydrogens (primary N) is 1. The second-order valence-corrected chi connectivity index (χ2v) is 5.00. The summed E-state index contributed by atoms with van der Waals surface area (Å²) in [4.78, 5) is 23.0. The van der Waals surface area contributed by atoms with Gasteiger partial charge in [-0.1, -0.05) is 54.6 Å². The van der Waals surface area contributed by atoms with E-state index in [0.29, 0.717) is 16.7 Å². The van der Waals surface area contributed by atoms with E-state index in [4.69, 9.17) is 5.73 Å². The zero-order valence-electron chi connectivity index (χ0n) is 11.8. The SMILES string of the molecule is NC(=O)CC(O)C(O)c1ccc(C(=O)c2ccccc2)cc1. The van der Waals surface area contributed by atoms with Crippen molar-refractivity contribution in [3.05, 3.63) is 71.3 Å². The van der Waals surface area contributed by atoms with E-state index >= 15 is 0 Å². The monoisotopic (exact) mass is 299 g/mol. The zero-order chi connectivity index (χ0) is 16.1. The lowest BCUT2D eigenvalue weighted by atomic mass is 9.98. The van der Waals surface area contributed by atoms with Gasteiger partial charge < -0.3 is 15.9 Å². The van der Waals surface area contributed by atoms with Crippen molar-refractivity contribution < 1.29 is 19.8 Å². The molecule has 0 bridgehead atoms. The Morgan fingerprint density at radius 3 is 2.00 bits per heavy atom. The number of aliphatic hydroxyl groups excluding tert-OH is 2. The molecule has 5 heteroatoms. The molecule has 22 heavy (non-hydrogen) atoms. The van der Waals surface area contributed by atoms with Gasteiger partial charge in [0, 0.05) is 11.1 Å². The molecule has 114 valence electrons. The molecule has 0 saturated carbocycles. The third-order valence-corrected chi connectivity index (χ3v) is 3.33. The topological polar surface area (TPSA) is 101 Å². The quantitative estimate of drug-likeness (QED) is 0.697. The van der Waals surface area contributed by atoms with Crippen LogP contribution >= 0.6 is 0 Å². The fourth-order valence-electron chi connectivity index (χ4n) is 2.13. The highest BCUT2D eigenvalue weighted by atomic mass is 16.3. The van der Waals surface area contributed by atoms with E-state index in [9.17, 15) is 19.8 Å². The highest BCUT2D eigenvalue weighted by Crippen LogP contribution is 2.20. The summed E-state index contributed by atoms with van der Waals surface area (Å²) in [5.41, 5.74) is 6.45. The predicted octanol–water partition coefficient (Wildman–Crippen LogP) is 1.19. The number of amides is 1. The van der Waals surface area contributed by atoms with Crippen LogP contribution in [0.5, 0.6) is 0 Å². The highest BCUT2D eigenvalue weighted by Gasteiger charge is 2.20. The minimum absolute atomic E-state index is 0.126. The van der Waals surface area contributed by atoms with Crippen LogP contribution in [0.1, 0.15) is 34.0 Å². The van der Waals surface area contributed by atoms with E-state index in [0.717, 1.165) is 0 Å². The fraction of sp³-hybridized carbons (Fsp3) is 0.176. The maximum absolute atomic E-state index is 12.2. The number of benzene rings is 2. The summed E-state index contributed by atoms with van der Waals surface area (Å²) >= 11 is 0. The van der Waals surface area contributed by atoms with E-state index in [1.165, 1.54) is 0 Å². The second-order valence-electron chi connectivity index (χ2n) is 5.00. The highest BCUT2D eigenvalue weighted by molar-refractivity contribution is 6.08. The van der Waals surface area contributed by atoms with E-state index in [1.54, 1.807) is 48.5 Å². The lowest BCUT2D eigenvalue weighted by molar-refractivity contribution is -0.121.